The van der Waals surface area contributed by atoms with Crippen molar-refractivity contribution in [3.8, 4) is 0 Å². The molecule has 4 rings (SSSR count). The first kappa shape index (κ1) is 19.7. The quantitative estimate of drug-likeness (QED) is 0.847. The molecule has 29 heavy (non-hydrogen) atoms. The summed E-state index contributed by atoms with van der Waals surface area (Å²) < 4.78 is 0. The molecule has 0 unspecified atom stereocenters. The lowest BCUT2D eigenvalue weighted by molar-refractivity contribution is -0.135. The molecule has 1 fully saturated rings. The van der Waals surface area contributed by atoms with E-state index >= 15 is 0 Å². The van der Waals surface area contributed by atoms with Crippen LogP contribution in [-0.2, 0) is 35.4 Å². The summed E-state index contributed by atoms with van der Waals surface area (Å²) in [6.45, 7) is 1.91. The zero-order chi connectivity index (χ0) is 20.1. The van der Waals surface area contributed by atoms with Gasteiger partial charge in [0.05, 0.1) is 6.42 Å². The van der Waals surface area contributed by atoms with Gasteiger partial charge in [-0.15, -0.1) is 0 Å². The van der Waals surface area contributed by atoms with Gasteiger partial charge in [-0.3, -0.25) is 9.59 Å². The fourth-order valence-corrected chi connectivity index (χ4v) is 4.50. The van der Waals surface area contributed by atoms with Crippen molar-refractivity contribution in [2.75, 3.05) is 13.1 Å². The summed E-state index contributed by atoms with van der Waals surface area (Å²) in [6, 6.07) is 16.5. The second-order valence-electron chi connectivity index (χ2n) is 8.35. The molecule has 0 atom stereocenters. The zero-order valence-electron chi connectivity index (χ0n) is 17.0. The van der Waals surface area contributed by atoms with Crippen molar-refractivity contribution < 1.29 is 9.59 Å². The van der Waals surface area contributed by atoms with Crippen LogP contribution >= 0.6 is 0 Å². The normalized spacial score (nSPS) is 16.9. The molecule has 1 heterocycles. The number of fused-ring (bicyclic) bond motifs is 1. The van der Waals surface area contributed by atoms with Crippen molar-refractivity contribution in [3.63, 3.8) is 0 Å². The number of hydrogen-bond acceptors (Lipinski definition) is 2. The van der Waals surface area contributed by atoms with E-state index in [1.165, 1.54) is 30.4 Å². The third-order valence-corrected chi connectivity index (χ3v) is 6.30. The van der Waals surface area contributed by atoms with Crippen LogP contribution in [0.2, 0.25) is 0 Å². The molecular weight excluding hydrogens is 360 g/mol. The highest BCUT2D eigenvalue weighted by molar-refractivity contribution is 5.81. The van der Waals surface area contributed by atoms with Crippen LogP contribution in [0.3, 0.4) is 0 Å². The van der Waals surface area contributed by atoms with E-state index in [9.17, 15) is 9.59 Å². The average Bonchev–Trinajstić information content (AvgIpc) is 2.78. The smallest absolute Gasteiger partial charge is 0.226 e. The van der Waals surface area contributed by atoms with Crippen molar-refractivity contribution in [2.45, 2.75) is 51.5 Å². The molecule has 0 aromatic heterocycles. The topological polar surface area (TPSA) is 49.4 Å². The van der Waals surface area contributed by atoms with E-state index in [-0.39, 0.29) is 17.7 Å². The first-order valence-electron chi connectivity index (χ1n) is 10.9. The molecule has 1 N–H and O–H groups in total. The second-order valence-corrected chi connectivity index (χ2v) is 8.35. The summed E-state index contributed by atoms with van der Waals surface area (Å²) in [5, 5.41) is 3.04. The van der Waals surface area contributed by atoms with Gasteiger partial charge in [-0.25, -0.2) is 0 Å². The number of carbonyl (C=O) groups excluding carboxylic acids is 2. The Morgan fingerprint density at radius 2 is 1.62 bits per heavy atom. The number of amides is 2. The molecule has 0 spiro atoms. The summed E-state index contributed by atoms with van der Waals surface area (Å²) in [4.78, 5) is 27.1. The summed E-state index contributed by atoms with van der Waals surface area (Å²) in [5.41, 5.74) is 5.11. The highest BCUT2D eigenvalue weighted by Crippen LogP contribution is 2.23. The minimum atomic E-state index is 0.00602. The molecule has 0 saturated carbocycles. The highest BCUT2D eigenvalue weighted by Gasteiger charge is 2.27. The Balaban J connectivity index is 1.24. The standard InChI is InChI=1S/C25H30N2O2/c28-24(17-20-10-11-21-8-4-5-9-23(21)16-20)27-14-12-22(13-15-27)25(29)26-18-19-6-2-1-3-7-19/h1-3,6-7,10-11,16,22H,4-5,8-9,12-15,17-18H2,(H,26,29). The number of rotatable bonds is 5. The van der Waals surface area contributed by atoms with Gasteiger partial charge in [0, 0.05) is 25.6 Å². The van der Waals surface area contributed by atoms with Crippen molar-refractivity contribution in [1.82, 2.24) is 10.2 Å². The molecule has 1 aliphatic heterocycles. The summed E-state index contributed by atoms with van der Waals surface area (Å²) in [5.74, 6) is 0.297. The molecule has 2 aromatic carbocycles. The lowest BCUT2D eigenvalue weighted by Gasteiger charge is -2.31. The van der Waals surface area contributed by atoms with E-state index in [4.69, 9.17) is 0 Å². The molecule has 2 aliphatic rings. The first-order chi connectivity index (χ1) is 14.2. The number of nitrogens with zero attached hydrogens (tertiary/aromatic N) is 1. The highest BCUT2D eigenvalue weighted by atomic mass is 16.2. The van der Waals surface area contributed by atoms with Gasteiger partial charge in [0.15, 0.2) is 0 Å². The molecular formula is C25H30N2O2. The molecule has 2 aromatic rings. The van der Waals surface area contributed by atoms with Crippen molar-refractivity contribution >= 4 is 11.8 Å². The Bertz CT molecular complexity index is 854. The van der Waals surface area contributed by atoms with Crippen LogP contribution in [0.5, 0.6) is 0 Å². The lowest BCUT2D eigenvalue weighted by atomic mass is 9.89. The van der Waals surface area contributed by atoms with Crippen LogP contribution in [-0.4, -0.2) is 29.8 Å². The number of piperidine rings is 1. The minimum Gasteiger partial charge on any atom is -0.352 e. The van der Waals surface area contributed by atoms with Gasteiger partial charge < -0.3 is 10.2 Å². The predicted octanol–water partition coefficient (Wildman–Crippen LogP) is 3.66. The van der Waals surface area contributed by atoms with Crippen molar-refractivity contribution in [3.05, 3.63) is 70.8 Å². The van der Waals surface area contributed by atoms with E-state index in [0.717, 1.165) is 30.4 Å². The van der Waals surface area contributed by atoms with E-state index in [1.54, 1.807) is 0 Å². The third-order valence-electron chi connectivity index (χ3n) is 6.30. The van der Waals surface area contributed by atoms with E-state index < -0.39 is 0 Å². The van der Waals surface area contributed by atoms with Crippen LogP contribution < -0.4 is 5.32 Å². The maximum Gasteiger partial charge on any atom is 0.226 e. The van der Waals surface area contributed by atoms with Gasteiger partial charge in [-0.2, -0.15) is 0 Å². The van der Waals surface area contributed by atoms with Crippen LogP contribution in [0.4, 0.5) is 0 Å². The van der Waals surface area contributed by atoms with Gasteiger partial charge >= 0.3 is 0 Å². The molecule has 0 radical (unpaired) electrons. The monoisotopic (exact) mass is 390 g/mol. The predicted molar refractivity (Wildman–Crippen MR) is 114 cm³/mol. The Morgan fingerprint density at radius 3 is 2.38 bits per heavy atom. The Hall–Kier alpha value is -2.62. The maximum absolute atomic E-state index is 12.7. The lowest BCUT2D eigenvalue weighted by Crippen LogP contribution is -2.43. The van der Waals surface area contributed by atoms with E-state index in [2.05, 4.69) is 23.5 Å². The fourth-order valence-electron chi connectivity index (χ4n) is 4.50. The molecule has 1 saturated heterocycles. The largest absolute Gasteiger partial charge is 0.352 e. The number of aryl methyl sites for hydroxylation is 2. The Morgan fingerprint density at radius 1 is 0.897 bits per heavy atom. The molecule has 1 aliphatic carbocycles. The third kappa shape index (κ3) is 5.06. The van der Waals surface area contributed by atoms with E-state index in [0.29, 0.717) is 26.1 Å². The average molecular weight is 391 g/mol. The molecule has 0 bridgehead atoms. The number of likely N-dealkylation sites (tertiary alicyclic amines) is 1. The van der Waals surface area contributed by atoms with Gasteiger partial charge in [-0.1, -0.05) is 48.5 Å². The van der Waals surface area contributed by atoms with E-state index in [1.807, 2.05) is 35.2 Å². The van der Waals surface area contributed by atoms with Crippen molar-refractivity contribution in [1.29, 1.82) is 0 Å². The SMILES string of the molecule is O=C(NCc1ccccc1)C1CCN(C(=O)Cc2ccc3c(c2)CCCC3)CC1. The molecule has 4 nitrogen and oxygen atoms in total. The van der Waals surface area contributed by atoms with Crippen molar-refractivity contribution in [2.24, 2.45) is 5.92 Å². The van der Waals surface area contributed by atoms with Gasteiger partial charge in [0.2, 0.25) is 11.8 Å². The van der Waals surface area contributed by atoms with Gasteiger partial charge in [-0.05, 0) is 60.8 Å². The summed E-state index contributed by atoms with van der Waals surface area (Å²) >= 11 is 0. The number of benzene rings is 2. The number of hydrogen-bond donors (Lipinski definition) is 1. The number of carbonyl (C=O) groups is 2. The van der Waals surface area contributed by atoms with Crippen LogP contribution in [0.1, 0.15) is 47.9 Å². The molecule has 4 heteroatoms. The second kappa shape index (κ2) is 9.25. The summed E-state index contributed by atoms with van der Waals surface area (Å²) in [6.07, 6.45) is 6.80. The first-order valence-corrected chi connectivity index (χ1v) is 10.9. The Labute approximate surface area is 173 Å². The minimum absolute atomic E-state index is 0.00602. The Kier molecular flexibility index (Phi) is 6.28. The summed E-state index contributed by atoms with van der Waals surface area (Å²) in [7, 11) is 0. The fraction of sp³-hybridized carbons (Fsp3) is 0.440. The van der Waals surface area contributed by atoms with Gasteiger partial charge in [0.25, 0.3) is 0 Å². The van der Waals surface area contributed by atoms with Gasteiger partial charge in [0.1, 0.15) is 0 Å². The van der Waals surface area contributed by atoms with Crippen LogP contribution in [0.15, 0.2) is 48.5 Å². The van der Waals surface area contributed by atoms with Crippen LogP contribution in [0, 0.1) is 5.92 Å². The maximum atomic E-state index is 12.7. The number of nitrogens with one attached hydrogen (secondary N) is 1. The zero-order valence-corrected chi connectivity index (χ0v) is 17.0. The van der Waals surface area contributed by atoms with Crippen LogP contribution in [0.25, 0.3) is 0 Å². The molecule has 152 valence electrons. The molecule has 2 amide bonds.